The summed E-state index contributed by atoms with van der Waals surface area (Å²) in [6, 6.07) is 15.7. The van der Waals surface area contributed by atoms with E-state index in [1.165, 1.54) is 0 Å². The van der Waals surface area contributed by atoms with Crippen molar-refractivity contribution in [1.82, 2.24) is 5.16 Å². The Hall–Kier alpha value is -3.05. The third-order valence-electron chi connectivity index (χ3n) is 6.12. The van der Waals surface area contributed by atoms with Gasteiger partial charge in [-0.2, -0.15) is 0 Å². The highest BCUT2D eigenvalue weighted by Gasteiger charge is 2.41. The van der Waals surface area contributed by atoms with Gasteiger partial charge in [0.05, 0.1) is 17.9 Å². The molecule has 0 amide bonds. The summed E-state index contributed by atoms with van der Waals surface area (Å²) in [5.41, 5.74) is 5.60. The molecular weight excluding hydrogens is 412 g/mol. The summed E-state index contributed by atoms with van der Waals surface area (Å²) in [5.74, 6) is 1.49. The van der Waals surface area contributed by atoms with Crippen molar-refractivity contribution in [3.63, 3.8) is 0 Å². The Bertz CT molecular complexity index is 1160. The molecule has 0 radical (unpaired) electrons. The van der Waals surface area contributed by atoms with Gasteiger partial charge in [0.15, 0.2) is 5.78 Å². The van der Waals surface area contributed by atoms with E-state index >= 15 is 0 Å². The maximum Gasteiger partial charge on any atom is 0.233 e. The van der Waals surface area contributed by atoms with Gasteiger partial charge in [-0.15, -0.1) is 0 Å². The number of Topliss-reactive ketones (excluding diaryl/α,β-unsaturated/α-hetero) is 1. The van der Waals surface area contributed by atoms with Crippen LogP contribution in [0.4, 0.5) is 5.88 Å². The van der Waals surface area contributed by atoms with Gasteiger partial charge in [-0.1, -0.05) is 41.0 Å². The Morgan fingerprint density at radius 2 is 1.81 bits per heavy atom. The second-order valence-corrected chi connectivity index (χ2v) is 8.48. The van der Waals surface area contributed by atoms with Crippen LogP contribution in [-0.4, -0.2) is 17.5 Å². The number of halogens is 1. The highest BCUT2D eigenvalue weighted by molar-refractivity contribution is 6.30. The van der Waals surface area contributed by atoms with Gasteiger partial charge in [-0.3, -0.25) is 4.79 Å². The maximum absolute atomic E-state index is 13.5. The molecule has 158 valence electrons. The summed E-state index contributed by atoms with van der Waals surface area (Å²) in [6.45, 7) is 4.49. The van der Waals surface area contributed by atoms with Gasteiger partial charge in [0, 0.05) is 28.6 Å². The number of nitrogens with one attached hydrogen (secondary N) is 1. The summed E-state index contributed by atoms with van der Waals surface area (Å²) in [5, 5.41) is 8.24. The normalized spacial score (nSPS) is 20.2. The number of benzene rings is 2. The van der Waals surface area contributed by atoms with Crippen LogP contribution in [0.5, 0.6) is 5.75 Å². The quantitative estimate of drug-likeness (QED) is 0.546. The minimum atomic E-state index is -0.202. The van der Waals surface area contributed by atoms with E-state index in [9.17, 15) is 4.79 Å². The molecule has 1 aliphatic carbocycles. The van der Waals surface area contributed by atoms with Crippen LogP contribution >= 0.6 is 11.6 Å². The van der Waals surface area contributed by atoms with E-state index in [1.54, 1.807) is 0 Å². The second-order valence-electron chi connectivity index (χ2n) is 8.04. The van der Waals surface area contributed by atoms with Gasteiger partial charge in [0.25, 0.3) is 0 Å². The monoisotopic (exact) mass is 434 g/mol. The number of anilines is 1. The van der Waals surface area contributed by atoms with Crippen molar-refractivity contribution in [2.75, 3.05) is 11.9 Å². The molecule has 5 nitrogen and oxygen atoms in total. The van der Waals surface area contributed by atoms with E-state index in [2.05, 4.69) is 10.5 Å². The van der Waals surface area contributed by atoms with Crippen LogP contribution in [0.1, 0.15) is 54.0 Å². The lowest BCUT2D eigenvalue weighted by molar-refractivity contribution is -0.116. The first-order chi connectivity index (χ1) is 15.0. The van der Waals surface area contributed by atoms with Crippen molar-refractivity contribution in [3.05, 3.63) is 87.2 Å². The van der Waals surface area contributed by atoms with Crippen LogP contribution < -0.4 is 10.1 Å². The van der Waals surface area contributed by atoms with Gasteiger partial charge in [0.1, 0.15) is 5.75 Å². The number of ether oxygens (including phenoxy) is 1. The van der Waals surface area contributed by atoms with Gasteiger partial charge >= 0.3 is 0 Å². The molecule has 2 heterocycles. The number of aryl methyl sites for hydroxylation is 1. The van der Waals surface area contributed by atoms with Gasteiger partial charge in [0.2, 0.25) is 5.88 Å². The fourth-order valence-corrected chi connectivity index (χ4v) is 4.83. The number of carbonyl (C=O) groups excluding carboxylic acids is 1. The molecule has 3 aromatic rings. The van der Waals surface area contributed by atoms with Crippen molar-refractivity contribution < 1.29 is 14.1 Å². The number of hydrogen-bond donors (Lipinski definition) is 1. The number of carbonyl (C=O) groups is 1. The van der Waals surface area contributed by atoms with Crippen molar-refractivity contribution in [2.24, 2.45) is 0 Å². The molecule has 0 saturated carbocycles. The molecule has 0 fully saturated rings. The van der Waals surface area contributed by atoms with Gasteiger partial charge in [-0.25, -0.2) is 0 Å². The fraction of sp³-hybridized carbons (Fsp3) is 0.280. The Labute approximate surface area is 186 Å². The maximum atomic E-state index is 13.5. The zero-order chi connectivity index (χ0) is 21.5. The van der Waals surface area contributed by atoms with E-state index in [1.807, 2.05) is 62.4 Å². The molecule has 31 heavy (non-hydrogen) atoms. The van der Waals surface area contributed by atoms with E-state index in [0.29, 0.717) is 23.9 Å². The van der Waals surface area contributed by atoms with Crippen LogP contribution in [0.3, 0.4) is 0 Å². The SMILES string of the molecule is CCOc1ccc([C@@H]2C3=C(C[C@H](c4ccc(Cl)cc4)CC3=O)Nc3onc(C)c32)cc1. The van der Waals surface area contributed by atoms with E-state index in [4.69, 9.17) is 20.9 Å². The Morgan fingerprint density at radius 3 is 2.52 bits per heavy atom. The zero-order valence-corrected chi connectivity index (χ0v) is 18.2. The smallest absolute Gasteiger partial charge is 0.233 e. The predicted octanol–water partition coefficient (Wildman–Crippen LogP) is 5.99. The number of rotatable bonds is 4. The first kappa shape index (κ1) is 19.9. The number of aromatic nitrogens is 1. The first-order valence-corrected chi connectivity index (χ1v) is 10.9. The molecule has 1 N–H and O–H groups in total. The van der Waals surface area contributed by atoms with Gasteiger partial charge in [-0.05, 0) is 61.6 Å². The lowest BCUT2D eigenvalue weighted by atomic mass is 9.72. The summed E-state index contributed by atoms with van der Waals surface area (Å²) in [4.78, 5) is 13.5. The van der Waals surface area contributed by atoms with Crippen LogP contribution in [0.15, 0.2) is 64.3 Å². The molecular formula is C25H23ClN2O3. The third kappa shape index (κ3) is 3.53. The van der Waals surface area contributed by atoms with Crippen LogP contribution in [0.25, 0.3) is 0 Å². The molecule has 2 aliphatic rings. The van der Waals surface area contributed by atoms with Crippen LogP contribution in [0, 0.1) is 6.92 Å². The molecule has 0 unspecified atom stereocenters. The topological polar surface area (TPSA) is 64.4 Å². The first-order valence-electron chi connectivity index (χ1n) is 10.5. The lowest BCUT2D eigenvalue weighted by Gasteiger charge is -2.34. The Kier molecular flexibility index (Phi) is 5.06. The number of allylic oxidation sites excluding steroid dienone is 2. The molecule has 2 atom stereocenters. The molecule has 6 heteroatoms. The summed E-state index contributed by atoms with van der Waals surface area (Å²) in [6.07, 6.45) is 1.20. The minimum Gasteiger partial charge on any atom is -0.494 e. The average Bonchev–Trinajstić information content (AvgIpc) is 3.14. The molecule has 1 aromatic heterocycles. The van der Waals surface area contributed by atoms with Crippen molar-refractivity contribution in [3.8, 4) is 5.75 Å². The average molecular weight is 435 g/mol. The Balaban J connectivity index is 1.57. The summed E-state index contributed by atoms with van der Waals surface area (Å²) >= 11 is 6.05. The van der Waals surface area contributed by atoms with Crippen LogP contribution in [-0.2, 0) is 4.79 Å². The molecule has 2 aromatic carbocycles. The van der Waals surface area contributed by atoms with Crippen molar-refractivity contribution in [1.29, 1.82) is 0 Å². The van der Waals surface area contributed by atoms with Crippen LogP contribution in [0.2, 0.25) is 5.02 Å². The van der Waals surface area contributed by atoms with Crippen molar-refractivity contribution in [2.45, 2.75) is 38.5 Å². The molecule has 0 saturated heterocycles. The number of fused-ring (bicyclic) bond motifs is 1. The van der Waals surface area contributed by atoms with E-state index < -0.39 is 0 Å². The standard InChI is InChI=1S/C25H23ClN2O3/c1-3-30-19-10-6-16(7-11-19)23-22-14(2)28-31-25(22)27-20-12-17(13-21(29)24(20)23)15-4-8-18(26)9-5-15/h4-11,17,23,27H,3,12-13H2,1-2H3/t17-,23-/m0/s1. The zero-order valence-electron chi connectivity index (χ0n) is 17.4. The summed E-state index contributed by atoms with van der Waals surface area (Å²) < 4.78 is 11.2. The fourth-order valence-electron chi connectivity index (χ4n) is 4.70. The Morgan fingerprint density at radius 1 is 1.10 bits per heavy atom. The molecule has 0 bridgehead atoms. The van der Waals surface area contributed by atoms with E-state index in [-0.39, 0.29) is 17.6 Å². The highest BCUT2D eigenvalue weighted by Crippen LogP contribution is 2.49. The number of hydrogen-bond acceptors (Lipinski definition) is 5. The number of ketones is 1. The predicted molar refractivity (Wildman–Crippen MR) is 120 cm³/mol. The largest absolute Gasteiger partial charge is 0.494 e. The van der Waals surface area contributed by atoms with Gasteiger partial charge < -0.3 is 14.6 Å². The molecule has 5 rings (SSSR count). The summed E-state index contributed by atoms with van der Waals surface area (Å²) in [7, 11) is 0. The lowest BCUT2D eigenvalue weighted by Crippen LogP contribution is -2.29. The highest BCUT2D eigenvalue weighted by atomic mass is 35.5. The molecule has 1 aliphatic heterocycles. The third-order valence-corrected chi connectivity index (χ3v) is 6.38. The second kappa shape index (κ2) is 7.89. The van der Waals surface area contributed by atoms with Crippen molar-refractivity contribution >= 4 is 23.3 Å². The molecule has 0 spiro atoms. The minimum absolute atomic E-state index is 0.0996. The van der Waals surface area contributed by atoms with E-state index in [0.717, 1.165) is 45.8 Å². The number of nitrogens with zero attached hydrogens (tertiary/aromatic N) is 1.